The van der Waals surface area contributed by atoms with Gasteiger partial charge in [0.2, 0.25) is 15.9 Å². The Hall–Kier alpha value is -1.56. The number of benzene rings is 1. The number of anilines is 1. The summed E-state index contributed by atoms with van der Waals surface area (Å²) in [6, 6.07) is 7.71. The summed E-state index contributed by atoms with van der Waals surface area (Å²) in [5, 5.41) is 3.03. The zero-order chi connectivity index (χ0) is 16.9. The van der Waals surface area contributed by atoms with Crippen molar-refractivity contribution in [3.63, 3.8) is 0 Å². The van der Waals surface area contributed by atoms with Crippen molar-refractivity contribution < 1.29 is 13.2 Å². The van der Waals surface area contributed by atoms with E-state index in [0.717, 1.165) is 18.4 Å². The Morgan fingerprint density at radius 2 is 2.00 bits per heavy atom. The summed E-state index contributed by atoms with van der Waals surface area (Å²) in [6.07, 6.45) is 6.55. The van der Waals surface area contributed by atoms with E-state index in [-0.39, 0.29) is 5.91 Å². The van der Waals surface area contributed by atoms with E-state index >= 15 is 0 Å². The molecule has 0 unspecified atom stereocenters. The summed E-state index contributed by atoms with van der Waals surface area (Å²) in [5.41, 5.74) is 1.67. The van der Waals surface area contributed by atoms with Crippen LogP contribution in [0.25, 0.3) is 0 Å². The Balaban J connectivity index is 1.90. The Morgan fingerprint density at radius 3 is 2.61 bits per heavy atom. The highest BCUT2D eigenvalue weighted by molar-refractivity contribution is 7.92. The lowest BCUT2D eigenvalue weighted by atomic mass is 10.2. The minimum absolute atomic E-state index is 0.0228. The van der Waals surface area contributed by atoms with Gasteiger partial charge >= 0.3 is 0 Å². The Bertz CT molecular complexity index is 637. The Labute approximate surface area is 139 Å². The molecule has 2 rings (SSSR count). The fourth-order valence-corrected chi connectivity index (χ4v) is 3.98. The van der Waals surface area contributed by atoms with Crippen LogP contribution < -0.4 is 9.62 Å². The van der Waals surface area contributed by atoms with Gasteiger partial charge in [-0.1, -0.05) is 25.0 Å². The van der Waals surface area contributed by atoms with Crippen LogP contribution in [0.1, 0.15) is 44.1 Å². The maximum atomic E-state index is 12.0. The zero-order valence-corrected chi connectivity index (χ0v) is 14.7. The topological polar surface area (TPSA) is 66.5 Å². The molecule has 1 aliphatic carbocycles. The first-order valence-corrected chi connectivity index (χ1v) is 10.0. The van der Waals surface area contributed by atoms with E-state index in [1.807, 2.05) is 25.1 Å². The van der Waals surface area contributed by atoms with Gasteiger partial charge in [-0.25, -0.2) is 8.42 Å². The van der Waals surface area contributed by atoms with Gasteiger partial charge in [0.15, 0.2) is 0 Å². The maximum absolute atomic E-state index is 12.0. The molecule has 0 saturated heterocycles. The van der Waals surface area contributed by atoms with E-state index in [0.29, 0.717) is 31.1 Å². The van der Waals surface area contributed by atoms with Crippen molar-refractivity contribution in [1.82, 2.24) is 5.32 Å². The quantitative estimate of drug-likeness (QED) is 0.831. The molecule has 0 aromatic heterocycles. The van der Waals surface area contributed by atoms with Gasteiger partial charge in [-0.15, -0.1) is 0 Å². The van der Waals surface area contributed by atoms with Gasteiger partial charge in [-0.2, -0.15) is 0 Å². The maximum Gasteiger partial charge on any atom is 0.232 e. The number of hydrogen-bond acceptors (Lipinski definition) is 3. The standard InChI is InChI=1S/C17H26N2O3S/c1-14-7-5-10-16(13-14)19(23(2,21)22)12-6-11-17(20)18-15-8-3-4-9-15/h5,7,10,13,15H,3-4,6,8-9,11-12H2,1-2H3,(H,18,20). The first-order chi connectivity index (χ1) is 10.9. The molecule has 1 aromatic carbocycles. The molecular formula is C17H26N2O3S. The van der Waals surface area contributed by atoms with Crippen LogP contribution in [0.2, 0.25) is 0 Å². The number of nitrogens with zero attached hydrogens (tertiary/aromatic N) is 1. The third kappa shape index (κ3) is 5.53. The highest BCUT2D eigenvalue weighted by atomic mass is 32.2. The van der Waals surface area contributed by atoms with Crippen molar-refractivity contribution in [3.05, 3.63) is 29.8 Å². The molecule has 6 heteroatoms. The number of amides is 1. The molecule has 1 saturated carbocycles. The zero-order valence-electron chi connectivity index (χ0n) is 13.9. The average Bonchev–Trinajstić information content (AvgIpc) is 2.95. The van der Waals surface area contributed by atoms with Crippen LogP contribution in [0.4, 0.5) is 5.69 Å². The van der Waals surface area contributed by atoms with E-state index in [2.05, 4.69) is 5.32 Å². The molecule has 1 aliphatic rings. The molecule has 1 fully saturated rings. The fourth-order valence-electron chi connectivity index (χ4n) is 3.02. The number of hydrogen-bond donors (Lipinski definition) is 1. The third-order valence-electron chi connectivity index (χ3n) is 4.18. The number of nitrogens with one attached hydrogen (secondary N) is 1. The second-order valence-corrected chi connectivity index (χ2v) is 8.23. The van der Waals surface area contributed by atoms with E-state index in [9.17, 15) is 13.2 Å². The normalized spacial score (nSPS) is 15.6. The molecule has 23 heavy (non-hydrogen) atoms. The number of sulfonamides is 1. The fraction of sp³-hybridized carbons (Fsp3) is 0.588. The van der Waals surface area contributed by atoms with Crippen LogP contribution in [0.3, 0.4) is 0 Å². The molecule has 0 spiro atoms. The van der Waals surface area contributed by atoms with Crippen LogP contribution in [0.5, 0.6) is 0 Å². The van der Waals surface area contributed by atoms with Crippen LogP contribution in [0, 0.1) is 6.92 Å². The van der Waals surface area contributed by atoms with Gasteiger partial charge in [0.25, 0.3) is 0 Å². The predicted octanol–water partition coefficient (Wildman–Crippen LogP) is 2.60. The molecule has 1 amide bonds. The van der Waals surface area contributed by atoms with Gasteiger partial charge in [-0.05, 0) is 43.9 Å². The lowest BCUT2D eigenvalue weighted by molar-refractivity contribution is -0.121. The molecule has 0 heterocycles. The van der Waals surface area contributed by atoms with Crippen molar-refractivity contribution >= 4 is 21.6 Å². The van der Waals surface area contributed by atoms with E-state index in [4.69, 9.17) is 0 Å². The van der Waals surface area contributed by atoms with Crippen molar-refractivity contribution in [3.8, 4) is 0 Å². The van der Waals surface area contributed by atoms with Crippen molar-refractivity contribution in [2.45, 2.75) is 51.5 Å². The molecular weight excluding hydrogens is 312 g/mol. The highest BCUT2D eigenvalue weighted by Crippen LogP contribution is 2.20. The number of aryl methyl sites for hydroxylation is 1. The Kier molecular flexibility index (Phi) is 6.04. The van der Waals surface area contributed by atoms with Crippen molar-refractivity contribution in [2.75, 3.05) is 17.1 Å². The van der Waals surface area contributed by atoms with Gasteiger partial charge < -0.3 is 5.32 Å². The molecule has 5 nitrogen and oxygen atoms in total. The number of carbonyl (C=O) groups excluding carboxylic acids is 1. The summed E-state index contributed by atoms with van der Waals surface area (Å²) >= 11 is 0. The number of rotatable bonds is 7. The lowest BCUT2D eigenvalue weighted by Crippen LogP contribution is -2.34. The van der Waals surface area contributed by atoms with Gasteiger partial charge in [0.1, 0.15) is 0 Å². The second-order valence-electron chi connectivity index (χ2n) is 6.33. The second kappa shape index (κ2) is 7.81. The molecule has 0 radical (unpaired) electrons. The first-order valence-electron chi connectivity index (χ1n) is 8.20. The number of carbonyl (C=O) groups is 1. The molecule has 0 atom stereocenters. The summed E-state index contributed by atoms with van der Waals surface area (Å²) in [4.78, 5) is 11.9. The monoisotopic (exact) mass is 338 g/mol. The van der Waals surface area contributed by atoms with Crippen LogP contribution in [-0.4, -0.2) is 33.2 Å². The summed E-state index contributed by atoms with van der Waals surface area (Å²) < 4.78 is 25.4. The third-order valence-corrected chi connectivity index (χ3v) is 5.37. The van der Waals surface area contributed by atoms with Crippen molar-refractivity contribution in [2.24, 2.45) is 0 Å². The Morgan fingerprint density at radius 1 is 1.30 bits per heavy atom. The van der Waals surface area contributed by atoms with Crippen molar-refractivity contribution in [1.29, 1.82) is 0 Å². The van der Waals surface area contributed by atoms with Crippen LogP contribution in [-0.2, 0) is 14.8 Å². The first kappa shape index (κ1) is 17.8. The molecule has 0 bridgehead atoms. The highest BCUT2D eigenvalue weighted by Gasteiger charge is 2.19. The van der Waals surface area contributed by atoms with Gasteiger partial charge in [-0.3, -0.25) is 9.10 Å². The smallest absolute Gasteiger partial charge is 0.232 e. The largest absolute Gasteiger partial charge is 0.353 e. The van der Waals surface area contributed by atoms with E-state index in [1.54, 1.807) is 6.07 Å². The van der Waals surface area contributed by atoms with E-state index < -0.39 is 10.0 Å². The molecule has 128 valence electrons. The average molecular weight is 338 g/mol. The summed E-state index contributed by atoms with van der Waals surface area (Å²) in [6.45, 7) is 2.25. The predicted molar refractivity (Wildman–Crippen MR) is 93.0 cm³/mol. The van der Waals surface area contributed by atoms with Gasteiger partial charge in [0, 0.05) is 19.0 Å². The minimum atomic E-state index is -3.35. The minimum Gasteiger partial charge on any atom is -0.353 e. The van der Waals surface area contributed by atoms with Crippen LogP contribution in [0.15, 0.2) is 24.3 Å². The SMILES string of the molecule is Cc1cccc(N(CCCC(=O)NC2CCCC2)S(C)(=O)=O)c1. The summed E-state index contributed by atoms with van der Waals surface area (Å²) in [5.74, 6) is 0.0228. The molecule has 1 aromatic rings. The molecule has 0 aliphatic heterocycles. The van der Waals surface area contributed by atoms with E-state index in [1.165, 1.54) is 23.4 Å². The van der Waals surface area contributed by atoms with Gasteiger partial charge in [0.05, 0.1) is 11.9 Å². The van der Waals surface area contributed by atoms with Crippen LogP contribution >= 0.6 is 0 Å². The lowest BCUT2D eigenvalue weighted by Gasteiger charge is -2.23. The molecule has 1 N–H and O–H groups in total. The summed E-state index contributed by atoms with van der Waals surface area (Å²) in [7, 11) is -3.35.